The van der Waals surface area contributed by atoms with Crippen molar-refractivity contribution in [2.24, 2.45) is 0 Å². The molecule has 0 saturated heterocycles. The van der Waals surface area contributed by atoms with Crippen LogP contribution >= 0.6 is 11.6 Å². The largest absolute Gasteiger partial charge is 0.305 e. The van der Waals surface area contributed by atoms with Crippen LogP contribution in [0.4, 0.5) is 10.1 Å². The van der Waals surface area contributed by atoms with Gasteiger partial charge < -0.3 is 0 Å². The molecule has 1 aromatic heterocycles. The average molecular weight is 253 g/mol. The van der Waals surface area contributed by atoms with Gasteiger partial charge in [0.05, 0.1) is 15.6 Å². The number of pyridine rings is 1. The molecule has 0 radical (unpaired) electrons. The van der Waals surface area contributed by atoms with Gasteiger partial charge in [-0.1, -0.05) is 17.7 Å². The maximum absolute atomic E-state index is 13.8. The third-order valence-electron chi connectivity index (χ3n) is 2.19. The monoisotopic (exact) mass is 252 g/mol. The van der Waals surface area contributed by atoms with Gasteiger partial charge in [-0.3, -0.25) is 15.1 Å². The molecule has 2 rings (SSSR count). The second kappa shape index (κ2) is 4.47. The number of rotatable bonds is 2. The molecule has 86 valence electrons. The fraction of sp³-hybridized carbons (Fsp3) is 0. The lowest BCUT2D eigenvalue weighted by atomic mass is 10.1. The van der Waals surface area contributed by atoms with E-state index in [0.29, 0.717) is 0 Å². The van der Waals surface area contributed by atoms with Crippen molar-refractivity contribution in [1.82, 2.24) is 4.98 Å². The summed E-state index contributed by atoms with van der Waals surface area (Å²) in [7, 11) is 0. The first-order chi connectivity index (χ1) is 8.11. The number of benzene rings is 1. The summed E-state index contributed by atoms with van der Waals surface area (Å²) in [5, 5.41) is 10.8. The Hall–Kier alpha value is -2.01. The molecule has 0 spiro atoms. The van der Waals surface area contributed by atoms with Gasteiger partial charge in [0.2, 0.25) is 5.82 Å². The summed E-state index contributed by atoms with van der Waals surface area (Å²) in [4.78, 5) is 13.7. The van der Waals surface area contributed by atoms with E-state index < -0.39 is 16.4 Å². The predicted octanol–water partition coefficient (Wildman–Crippen LogP) is 3.45. The van der Waals surface area contributed by atoms with Crippen LogP contribution < -0.4 is 0 Å². The van der Waals surface area contributed by atoms with E-state index in [1.54, 1.807) is 12.1 Å². The minimum Gasteiger partial charge on any atom is -0.258 e. The molecule has 1 aromatic carbocycles. The zero-order valence-electron chi connectivity index (χ0n) is 8.43. The Bertz CT molecular complexity index is 589. The van der Waals surface area contributed by atoms with Crippen molar-refractivity contribution < 1.29 is 9.31 Å². The zero-order chi connectivity index (χ0) is 12.4. The Morgan fingerprint density at radius 3 is 2.71 bits per heavy atom. The van der Waals surface area contributed by atoms with Gasteiger partial charge in [-0.05, 0) is 18.2 Å². The Morgan fingerprint density at radius 2 is 2.06 bits per heavy atom. The summed E-state index contributed by atoms with van der Waals surface area (Å²) < 4.78 is 13.8. The van der Waals surface area contributed by atoms with Gasteiger partial charge in [-0.25, -0.2) is 0 Å². The molecule has 2 aromatic rings. The third kappa shape index (κ3) is 2.09. The second-order valence-corrected chi connectivity index (χ2v) is 3.64. The summed E-state index contributed by atoms with van der Waals surface area (Å²) in [5.41, 5.74) is -0.385. The number of nitro groups is 1. The average Bonchev–Trinajstić information content (AvgIpc) is 2.30. The quantitative estimate of drug-likeness (QED) is 0.608. The highest BCUT2D eigenvalue weighted by atomic mass is 35.5. The molecule has 0 amide bonds. The molecule has 0 aliphatic carbocycles. The molecule has 0 aliphatic rings. The van der Waals surface area contributed by atoms with Gasteiger partial charge in [-0.2, -0.15) is 4.39 Å². The van der Waals surface area contributed by atoms with Crippen LogP contribution in [0.25, 0.3) is 11.3 Å². The van der Waals surface area contributed by atoms with E-state index in [2.05, 4.69) is 4.98 Å². The van der Waals surface area contributed by atoms with Crippen LogP contribution in [0.5, 0.6) is 0 Å². The summed E-state index contributed by atoms with van der Waals surface area (Å²) in [6.45, 7) is 0. The minimum absolute atomic E-state index is 0.0183. The molecule has 0 aliphatic heterocycles. The number of nitro benzene ring substituents is 1. The molecule has 4 nitrogen and oxygen atoms in total. The van der Waals surface area contributed by atoms with E-state index in [1.807, 2.05) is 0 Å². The summed E-state index contributed by atoms with van der Waals surface area (Å²) in [5.74, 6) is -0.932. The summed E-state index contributed by atoms with van der Waals surface area (Å²) in [6.07, 6.45) is 1.44. The second-order valence-electron chi connectivity index (χ2n) is 3.23. The van der Waals surface area contributed by atoms with Crippen LogP contribution in [0, 0.1) is 15.9 Å². The van der Waals surface area contributed by atoms with E-state index in [0.717, 1.165) is 6.07 Å². The Kier molecular flexibility index (Phi) is 3.01. The van der Waals surface area contributed by atoms with Crippen LogP contribution in [0.2, 0.25) is 5.02 Å². The first kappa shape index (κ1) is 11.5. The number of hydrogen-bond donors (Lipinski definition) is 0. The fourth-order valence-corrected chi connectivity index (χ4v) is 1.65. The molecule has 1 heterocycles. The maximum atomic E-state index is 13.8. The maximum Gasteiger partial charge on any atom is 0.305 e. The smallest absolute Gasteiger partial charge is 0.258 e. The van der Waals surface area contributed by atoms with E-state index in [4.69, 9.17) is 11.6 Å². The van der Waals surface area contributed by atoms with Crippen LogP contribution in [0.3, 0.4) is 0 Å². The van der Waals surface area contributed by atoms with E-state index in [-0.39, 0.29) is 16.3 Å². The summed E-state index contributed by atoms with van der Waals surface area (Å²) in [6, 6.07) is 7.02. The van der Waals surface area contributed by atoms with Crippen LogP contribution in [-0.4, -0.2) is 9.91 Å². The first-order valence-corrected chi connectivity index (χ1v) is 5.03. The van der Waals surface area contributed by atoms with Gasteiger partial charge in [-0.15, -0.1) is 0 Å². The topological polar surface area (TPSA) is 56.0 Å². The number of halogens is 2. The van der Waals surface area contributed by atoms with Crippen molar-refractivity contribution in [3.8, 4) is 11.3 Å². The van der Waals surface area contributed by atoms with Gasteiger partial charge >= 0.3 is 5.69 Å². The van der Waals surface area contributed by atoms with Crippen molar-refractivity contribution >= 4 is 17.3 Å². The lowest BCUT2D eigenvalue weighted by Crippen LogP contribution is -1.96. The third-order valence-corrected chi connectivity index (χ3v) is 2.49. The molecular formula is C11H6ClFN2O2. The Morgan fingerprint density at radius 1 is 1.29 bits per heavy atom. The number of nitrogens with zero attached hydrogens (tertiary/aromatic N) is 2. The van der Waals surface area contributed by atoms with E-state index >= 15 is 0 Å². The van der Waals surface area contributed by atoms with Gasteiger partial charge in [0, 0.05) is 17.8 Å². The molecule has 17 heavy (non-hydrogen) atoms. The zero-order valence-corrected chi connectivity index (χ0v) is 9.19. The van der Waals surface area contributed by atoms with Crippen molar-refractivity contribution in [1.29, 1.82) is 0 Å². The lowest BCUT2D eigenvalue weighted by Gasteiger charge is -2.04. The normalized spacial score (nSPS) is 10.2. The van der Waals surface area contributed by atoms with Crippen LogP contribution in [0.1, 0.15) is 0 Å². The first-order valence-electron chi connectivity index (χ1n) is 4.65. The fourth-order valence-electron chi connectivity index (χ4n) is 1.43. The number of aromatic nitrogens is 1. The Labute approximate surface area is 101 Å². The van der Waals surface area contributed by atoms with Gasteiger partial charge in [0.1, 0.15) is 0 Å². The highest BCUT2D eigenvalue weighted by Gasteiger charge is 2.20. The SMILES string of the molecule is O=[N+]([O-])c1cccc(-c2ncccc2Cl)c1F. The standard InChI is InChI=1S/C11H6ClFN2O2/c12-8-4-2-6-14-11(8)7-3-1-5-9(10(7)13)15(16)17/h1-6H. The van der Waals surface area contributed by atoms with Crippen molar-refractivity contribution in [3.63, 3.8) is 0 Å². The van der Waals surface area contributed by atoms with E-state index in [1.165, 1.54) is 18.3 Å². The van der Waals surface area contributed by atoms with Crippen molar-refractivity contribution in [2.75, 3.05) is 0 Å². The molecule has 0 saturated carbocycles. The molecule has 0 N–H and O–H groups in total. The minimum atomic E-state index is -0.932. The van der Waals surface area contributed by atoms with Crippen LogP contribution in [-0.2, 0) is 0 Å². The molecular weight excluding hydrogens is 247 g/mol. The van der Waals surface area contributed by atoms with Crippen molar-refractivity contribution in [2.45, 2.75) is 0 Å². The lowest BCUT2D eigenvalue weighted by molar-refractivity contribution is -0.387. The number of hydrogen-bond acceptors (Lipinski definition) is 3. The van der Waals surface area contributed by atoms with Gasteiger partial charge in [0.15, 0.2) is 0 Å². The molecule has 0 unspecified atom stereocenters. The summed E-state index contributed by atoms with van der Waals surface area (Å²) >= 11 is 5.86. The Balaban J connectivity index is 2.65. The van der Waals surface area contributed by atoms with Crippen molar-refractivity contribution in [3.05, 3.63) is 57.5 Å². The predicted molar refractivity (Wildman–Crippen MR) is 61.3 cm³/mol. The van der Waals surface area contributed by atoms with E-state index in [9.17, 15) is 14.5 Å². The highest BCUT2D eigenvalue weighted by Crippen LogP contribution is 2.31. The molecule has 0 bridgehead atoms. The van der Waals surface area contributed by atoms with Gasteiger partial charge in [0.25, 0.3) is 0 Å². The van der Waals surface area contributed by atoms with Crippen LogP contribution in [0.15, 0.2) is 36.5 Å². The molecule has 0 atom stereocenters. The molecule has 0 fully saturated rings. The highest BCUT2D eigenvalue weighted by molar-refractivity contribution is 6.33. The molecule has 6 heteroatoms.